The summed E-state index contributed by atoms with van der Waals surface area (Å²) >= 11 is 0. The van der Waals surface area contributed by atoms with Crippen molar-refractivity contribution in [2.24, 2.45) is 0 Å². The number of amides is 1. The van der Waals surface area contributed by atoms with Gasteiger partial charge in [-0.1, -0.05) is 6.42 Å². The average molecular weight is 277 g/mol. The van der Waals surface area contributed by atoms with Crippen LogP contribution in [0.1, 0.15) is 29.6 Å². The molecular formula is C15H23N3O2. The van der Waals surface area contributed by atoms with Gasteiger partial charge in [0.25, 0.3) is 5.91 Å². The van der Waals surface area contributed by atoms with Crippen LogP contribution < -0.4 is 15.8 Å². The molecule has 1 heterocycles. The molecule has 0 atom stereocenters. The highest BCUT2D eigenvalue weighted by Gasteiger charge is 2.12. The molecule has 0 radical (unpaired) electrons. The summed E-state index contributed by atoms with van der Waals surface area (Å²) in [7, 11) is 1.58. The van der Waals surface area contributed by atoms with E-state index in [1.807, 2.05) is 0 Å². The van der Waals surface area contributed by atoms with E-state index in [1.54, 1.807) is 25.3 Å². The van der Waals surface area contributed by atoms with Gasteiger partial charge in [-0.15, -0.1) is 0 Å². The standard InChI is InChI=1S/C15H23N3O2/c1-20-12-5-6-13(14(16)11-12)15(19)17-7-10-18-8-3-2-4-9-18/h5-6,11H,2-4,7-10,16H2,1H3,(H,17,19). The number of hydrogen-bond acceptors (Lipinski definition) is 4. The predicted molar refractivity (Wildman–Crippen MR) is 80.0 cm³/mol. The summed E-state index contributed by atoms with van der Waals surface area (Å²) in [4.78, 5) is 14.4. The molecule has 1 saturated heterocycles. The molecule has 2 rings (SSSR count). The number of rotatable bonds is 5. The van der Waals surface area contributed by atoms with Crippen molar-refractivity contribution >= 4 is 11.6 Å². The molecule has 1 aromatic carbocycles. The number of nitrogens with zero attached hydrogens (tertiary/aromatic N) is 1. The molecule has 0 bridgehead atoms. The number of ether oxygens (including phenoxy) is 1. The molecule has 5 nitrogen and oxygen atoms in total. The predicted octanol–water partition coefficient (Wildman–Crippen LogP) is 1.49. The Morgan fingerprint density at radius 1 is 1.35 bits per heavy atom. The highest BCUT2D eigenvalue weighted by Crippen LogP contribution is 2.19. The first-order valence-corrected chi connectivity index (χ1v) is 7.15. The van der Waals surface area contributed by atoms with Crippen LogP contribution >= 0.6 is 0 Å². The first-order chi connectivity index (χ1) is 9.70. The number of hydrogen-bond donors (Lipinski definition) is 2. The van der Waals surface area contributed by atoms with Crippen LogP contribution in [0.5, 0.6) is 5.75 Å². The molecule has 0 spiro atoms. The van der Waals surface area contributed by atoms with E-state index in [0.717, 1.165) is 19.6 Å². The smallest absolute Gasteiger partial charge is 0.253 e. The van der Waals surface area contributed by atoms with Gasteiger partial charge in [0.2, 0.25) is 0 Å². The average Bonchev–Trinajstić information content (AvgIpc) is 2.48. The Kier molecular flexibility index (Phi) is 5.24. The second-order valence-corrected chi connectivity index (χ2v) is 5.11. The molecule has 0 aromatic heterocycles. The molecule has 1 aliphatic rings. The van der Waals surface area contributed by atoms with Crippen LogP contribution in [0, 0.1) is 0 Å². The van der Waals surface area contributed by atoms with Gasteiger partial charge in [-0.3, -0.25) is 4.79 Å². The van der Waals surface area contributed by atoms with E-state index in [4.69, 9.17) is 10.5 Å². The van der Waals surface area contributed by atoms with E-state index >= 15 is 0 Å². The lowest BCUT2D eigenvalue weighted by molar-refractivity contribution is 0.0947. The number of piperidine rings is 1. The Morgan fingerprint density at radius 2 is 2.10 bits per heavy atom. The van der Waals surface area contributed by atoms with Crippen molar-refractivity contribution in [3.63, 3.8) is 0 Å². The van der Waals surface area contributed by atoms with Gasteiger partial charge in [0, 0.05) is 24.8 Å². The second kappa shape index (κ2) is 7.14. The third kappa shape index (κ3) is 3.87. The number of carbonyl (C=O) groups is 1. The van der Waals surface area contributed by atoms with Crippen molar-refractivity contribution in [2.75, 3.05) is 39.0 Å². The maximum Gasteiger partial charge on any atom is 0.253 e. The Labute approximate surface area is 120 Å². The molecule has 1 amide bonds. The molecule has 110 valence electrons. The second-order valence-electron chi connectivity index (χ2n) is 5.11. The van der Waals surface area contributed by atoms with Crippen LogP contribution in [0.15, 0.2) is 18.2 Å². The van der Waals surface area contributed by atoms with E-state index in [1.165, 1.54) is 19.3 Å². The van der Waals surface area contributed by atoms with Crippen molar-refractivity contribution in [2.45, 2.75) is 19.3 Å². The maximum atomic E-state index is 12.1. The van der Waals surface area contributed by atoms with Crippen LogP contribution in [0.2, 0.25) is 0 Å². The van der Waals surface area contributed by atoms with E-state index in [9.17, 15) is 4.79 Å². The fourth-order valence-electron chi connectivity index (χ4n) is 2.48. The van der Waals surface area contributed by atoms with Crippen LogP contribution in [0.25, 0.3) is 0 Å². The first-order valence-electron chi connectivity index (χ1n) is 7.15. The number of nitrogens with two attached hydrogens (primary N) is 1. The van der Waals surface area contributed by atoms with Crippen LogP contribution in [0.4, 0.5) is 5.69 Å². The Bertz CT molecular complexity index is 456. The maximum absolute atomic E-state index is 12.1. The molecule has 0 saturated carbocycles. The van der Waals surface area contributed by atoms with Crippen molar-refractivity contribution in [3.8, 4) is 5.75 Å². The first kappa shape index (κ1) is 14.7. The molecule has 1 aromatic rings. The summed E-state index contributed by atoms with van der Waals surface area (Å²) in [6, 6.07) is 5.11. The van der Waals surface area contributed by atoms with Gasteiger partial charge in [0.1, 0.15) is 5.75 Å². The normalized spacial score (nSPS) is 15.8. The molecule has 20 heavy (non-hydrogen) atoms. The summed E-state index contributed by atoms with van der Waals surface area (Å²) in [5, 5.41) is 2.92. The zero-order chi connectivity index (χ0) is 14.4. The third-order valence-corrected chi connectivity index (χ3v) is 3.67. The highest BCUT2D eigenvalue weighted by atomic mass is 16.5. The van der Waals surface area contributed by atoms with Crippen LogP contribution in [-0.4, -0.2) is 44.1 Å². The topological polar surface area (TPSA) is 67.6 Å². The summed E-state index contributed by atoms with van der Waals surface area (Å²) in [5.74, 6) is 0.537. The lowest BCUT2D eigenvalue weighted by atomic mass is 10.1. The fourth-order valence-corrected chi connectivity index (χ4v) is 2.48. The molecule has 5 heteroatoms. The zero-order valence-electron chi connectivity index (χ0n) is 12.0. The number of nitrogen functional groups attached to an aromatic ring is 1. The lowest BCUT2D eigenvalue weighted by Crippen LogP contribution is -2.37. The van der Waals surface area contributed by atoms with E-state index in [0.29, 0.717) is 23.5 Å². The summed E-state index contributed by atoms with van der Waals surface area (Å²) in [5.41, 5.74) is 6.81. The number of carbonyl (C=O) groups excluding carboxylic acids is 1. The number of likely N-dealkylation sites (tertiary alicyclic amines) is 1. The van der Waals surface area contributed by atoms with Gasteiger partial charge in [-0.2, -0.15) is 0 Å². The monoisotopic (exact) mass is 277 g/mol. The van der Waals surface area contributed by atoms with E-state index < -0.39 is 0 Å². The Balaban J connectivity index is 1.82. The largest absolute Gasteiger partial charge is 0.497 e. The minimum absolute atomic E-state index is 0.123. The van der Waals surface area contributed by atoms with Crippen molar-refractivity contribution in [1.29, 1.82) is 0 Å². The van der Waals surface area contributed by atoms with Gasteiger partial charge >= 0.3 is 0 Å². The summed E-state index contributed by atoms with van der Waals surface area (Å²) < 4.78 is 5.07. The van der Waals surface area contributed by atoms with Gasteiger partial charge in [0.05, 0.1) is 12.7 Å². The number of nitrogens with one attached hydrogen (secondary N) is 1. The molecular weight excluding hydrogens is 254 g/mol. The fraction of sp³-hybridized carbons (Fsp3) is 0.533. The number of anilines is 1. The minimum Gasteiger partial charge on any atom is -0.497 e. The molecule has 0 unspecified atom stereocenters. The van der Waals surface area contributed by atoms with Gasteiger partial charge in [-0.25, -0.2) is 0 Å². The Hall–Kier alpha value is -1.75. The van der Waals surface area contributed by atoms with Crippen molar-refractivity contribution in [1.82, 2.24) is 10.2 Å². The minimum atomic E-state index is -0.123. The SMILES string of the molecule is COc1ccc(C(=O)NCCN2CCCCC2)c(N)c1. The number of benzene rings is 1. The molecule has 1 fully saturated rings. The summed E-state index contributed by atoms with van der Waals surface area (Å²) in [6.07, 6.45) is 3.85. The lowest BCUT2D eigenvalue weighted by Gasteiger charge is -2.26. The van der Waals surface area contributed by atoms with Crippen LogP contribution in [-0.2, 0) is 0 Å². The quantitative estimate of drug-likeness (QED) is 0.800. The zero-order valence-corrected chi connectivity index (χ0v) is 12.0. The van der Waals surface area contributed by atoms with Gasteiger partial charge < -0.3 is 20.7 Å². The van der Waals surface area contributed by atoms with Gasteiger partial charge in [-0.05, 0) is 38.1 Å². The molecule has 1 aliphatic heterocycles. The van der Waals surface area contributed by atoms with E-state index in [2.05, 4.69) is 10.2 Å². The summed E-state index contributed by atoms with van der Waals surface area (Å²) in [6.45, 7) is 3.84. The van der Waals surface area contributed by atoms with Crippen molar-refractivity contribution in [3.05, 3.63) is 23.8 Å². The van der Waals surface area contributed by atoms with Crippen LogP contribution in [0.3, 0.4) is 0 Å². The highest BCUT2D eigenvalue weighted by molar-refractivity contribution is 5.99. The number of methoxy groups -OCH3 is 1. The Morgan fingerprint density at radius 3 is 2.75 bits per heavy atom. The molecule has 3 N–H and O–H groups in total. The molecule has 0 aliphatic carbocycles. The third-order valence-electron chi connectivity index (χ3n) is 3.67. The van der Waals surface area contributed by atoms with E-state index in [-0.39, 0.29) is 5.91 Å². The van der Waals surface area contributed by atoms with Gasteiger partial charge in [0.15, 0.2) is 0 Å². The van der Waals surface area contributed by atoms with Crippen molar-refractivity contribution < 1.29 is 9.53 Å².